The van der Waals surface area contributed by atoms with E-state index in [2.05, 4.69) is 25.4 Å². The Kier molecular flexibility index (Phi) is 5.97. The monoisotopic (exact) mass is 467 g/mol. The molecule has 5 rings (SSSR count). The summed E-state index contributed by atoms with van der Waals surface area (Å²) in [5.74, 6) is 2.32. The first-order valence-corrected chi connectivity index (χ1v) is 11.3. The van der Waals surface area contributed by atoms with Crippen molar-refractivity contribution < 1.29 is 9.47 Å². The standard InChI is InChI=1S/C26H25N7O2/c1-5-35-23-8-6-7-20-16(2)28-26(30-24(20)23)31-25-27-14-13-22(29-25)21-15-33(32-17(21)3)18-9-11-19(34-4)12-10-18/h6-15H,5H2,1-4H3,(H,27,28,29,30,31). The lowest BCUT2D eigenvalue weighted by molar-refractivity contribution is 0.343. The van der Waals surface area contributed by atoms with E-state index in [-0.39, 0.29) is 0 Å². The second-order valence-electron chi connectivity index (χ2n) is 7.88. The van der Waals surface area contributed by atoms with Gasteiger partial charge in [-0.05, 0) is 57.2 Å². The summed E-state index contributed by atoms with van der Waals surface area (Å²) in [6, 6.07) is 15.4. The van der Waals surface area contributed by atoms with Crippen LogP contribution in [0.1, 0.15) is 18.3 Å². The van der Waals surface area contributed by atoms with Crippen LogP contribution < -0.4 is 14.8 Å². The summed E-state index contributed by atoms with van der Waals surface area (Å²) in [4.78, 5) is 18.3. The third-order valence-electron chi connectivity index (χ3n) is 5.57. The van der Waals surface area contributed by atoms with E-state index < -0.39 is 0 Å². The van der Waals surface area contributed by atoms with Crippen LogP contribution in [0.25, 0.3) is 27.8 Å². The molecule has 0 aliphatic rings. The number of fused-ring (bicyclic) bond motifs is 1. The van der Waals surface area contributed by atoms with Crippen molar-refractivity contribution in [3.05, 3.63) is 72.3 Å². The molecule has 35 heavy (non-hydrogen) atoms. The number of benzene rings is 2. The molecule has 5 aromatic rings. The number of nitrogens with one attached hydrogen (secondary N) is 1. The van der Waals surface area contributed by atoms with Crippen molar-refractivity contribution in [2.24, 2.45) is 0 Å². The molecular formula is C26H25N7O2. The molecule has 0 saturated heterocycles. The van der Waals surface area contributed by atoms with E-state index in [1.54, 1.807) is 13.3 Å². The lowest BCUT2D eigenvalue weighted by Crippen LogP contribution is -2.04. The number of hydrogen-bond acceptors (Lipinski definition) is 8. The number of ether oxygens (including phenoxy) is 2. The molecule has 3 aromatic heterocycles. The summed E-state index contributed by atoms with van der Waals surface area (Å²) in [6.07, 6.45) is 3.66. The number of aryl methyl sites for hydroxylation is 2. The Bertz CT molecular complexity index is 1500. The van der Waals surface area contributed by atoms with Gasteiger partial charge in [0.2, 0.25) is 11.9 Å². The quantitative estimate of drug-likeness (QED) is 0.355. The van der Waals surface area contributed by atoms with Crippen LogP contribution in [0.3, 0.4) is 0 Å². The highest BCUT2D eigenvalue weighted by atomic mass is 16.5. The van der Waals surface area contributed by atoms with Gasteiger partial charge in [-0.15, -0.1) is 0 Å². The molecule has 0 bridgehead atoms. The molecule has 0 aliphatic heterocycles. The average Bonchev–Trinajstić information content (AvgIpc) is 3.26. The van der Waals surface area contributed by atoms with Gasteiger partial charge in [0.15, 0.2) is 0 Å². The number of para-hydroxylation sites is 1. The van der Waals surface area contributed by atoms with Crippen molar-refractivity contribution >= 4 is 22.8 Å². The van der Waals surface area contributed by atoms with E-state index in [9.17, 15) is 0 Å². The van der Waals surface area contributed by atoms with Gasteiger partial charge >= 0.3 is 0 Å². The molecule has 0 radical (unpaired) electrons. The molecule has 0 spiro atoms. The Morgan fingerprint density at radius 1 is 0.914 bits per heavy atom. The molecule has 0 fully saturated rings. The zero-order valence-corrected chi connectivity index (χ0v) is 20.0. The Morgan fingerprint density at radius 2 is 1.74 bits per heavy atom. The molecule has 0 saturated carbocycles. The van der Waals surface area contributed by atoms with Gasteiger partial charge in [-0.1, -0.05) is 12.1 Å². The first kappa shape index (κ1) is 22.3. The molecule has 176 valence electrons. The third kappa shape index (κ3) is 4.48. The maximum atomic E-state index is 5.76. The Hall–Kier alpha value is -4.53. The van der Waals surface area contributed by atoms with Gasteiger partial charge in [-0.25, -0.2) is 24.6 Å². The summed E-state index contributed by atoms with van der Waals surface area (Å²) in [6.45, 7) is 6.40. The minimum absolute atomic E-state index is 0.395. The smallest absolute Gasteiger partial charge is 0.230 e. The lowest BCUT2D eigenvalue weighted by atomic mass is 10.2. The lowest BCUT2D eigenvalue weighted by Gasteiger charge is -2.11. The summed E-state index contributed by atoms with van der Waals surface area (Å²) in [5, 5.41) is 8.74. The molecule has 0 atom stereocenters. The normalized spacial score (nSPS) is 11.0. The molecule has 0 amide bonds. The number of hydrogen-bond donors (Lipinski definition) is 1. The fraction of sp³-hybridized carbons (Fsp3) is 0.192. The van der Waals surface area contributed by atoms with E-state index in [1.807, 2.05) is 80.2 Å². The number of methoxy groups -OCH3 is 1. The molecule has 0 aliphatic carbocycles. The zero-order valence-electron chi connectivity index (χ0n) is 20.0. The molecule has 2 aromatic carbocycles. The van der Waals surface area contributed by atoms with Crippen molar-refractivity contribution in [3.63, 3.8) is 0 Å². The fourth-order valence-electron chi connectivity index (χ4n) is 3.86. The van der Waals surface area contributed by atoms with E-state index in [0.717, 1.165) is 50.7 Å². The van der Waals surface area contributed by atoms with Gasteiger partial charge in [-0.2, -0.15) is 5.10 Å². The van der Waals surface area contributed by atoms with E-state index in [4.69, 9.17) is 14.5 Å². The summed E-state index contributed by atoms with van der Waals surface area (Å²) in [7, 11) is 1.65. The maximum Gasteiger partial charge on any atom is 0.230 e. The van der Waals surface area contributed by atoms with Crippen LogP contribution in [0.15, 0.2) is 60.9 Å². The highest BCUT2D eigenvalue weighted by Crippen LogP contribution is 2.28. The third-order valence-corrected chi connectivity index (χ3v) is 5.57. The minimum atomic E-state index is 0.395. The number of rotatable bonds is 7. The van der Waals surface area contributed by atoms with Crippen LogP contribution >= 0.6 is 0 Å². The molecule has 1 N–H and O–H groups in total. The van der Waals surface area contributed by atoms with Gasteiger partial charge < -0.3 is 9.47 Å². The topological polar surface area (TPSA) is 99.9 Å². The van der Waals surface area contributed by atoms with Gasteiger partial charge in [-0.3, -0.25) is 5.32 Å². The van der Waals surface area contributed by atoms with Crippen LogP contribution in [-0.4, -0.2) is 43.4 Å². The molecule has 9 heteroatoms. The molecule has 0 unspecified atom stereocenters. The minimum Gasteiger partial charge on any atom is -0.497 e. The highest BCUT2D eigenvalue weighted by molar-refractivity contribution is 5.87. The molecule has 3 heterocycles. The largest absolute Gasteiger partial charge is 0.497 e. The van der Waals surface area contributed by atoms with Crippen molar-refractivity contribution in [1.29, 1.82) is 0 Å². The number of aromatic nitrogens is 6. The molecular weight excluding hydrogens is 442 g/mol. The maximum absolute atomic E-state index is 5.76. The van der Waals surface area contributed by atoms with Crippen molar-refractivity contribution in [1.82, 2.24) is 29.7 Å². The number of nitrogens with zero attached hydrogens (tertiary/aromatic N) is 6. The van der Waals surface area contributed by atoms with Gasteiger partial charge in [0.1, 0.15) is 17.0 Å². The van der Waals surface area contributed by atoms with E-state index in [1.165, 1.54) is 0 Å². The van der Waals surface area contributed by atoms with Crippen molar-refractivity contribution in [2.45, 2.75) is 20.8 Å². The van der Waals surface area contributed by atoms with Gasteiger partial charge in [0, 0.05) is 23.3 Å². The fourth-order valence-corrected chi connectivity index (χ4v) is 3.86. The Balaban J connectivity index is 1.45. The SMILES string of the molecule is CCOc1cccc2c(C)nc(Nc3nccc(-c4cn(-c5ccc(OC)cc5)nc4C)n3)nc12. The predicted molar refractivity (Wildman–Crippen MR) is 135 cm³/mol. The predicted octanol–water partition coefficient (Wildman–Crippen LogP) is 5.04. The van der Waals surface area contributed by atoms with Crippen LogP contribution in [0.4, 0.5) is 11.9 Å². The summed E-state index contributed by atoms with van der Waals surface area (Å²) < 4.78 is 12.8. The molecule has 9 nitrogen and oxygen atoms in total. The van der Waals surface area contributed by atoms with Gasteiger partial charge in [0.05, 0.1) is 36.5 Å². The first-order chi connectivity index (χ1) is 17.1. The van der Waals surface area contributed by atoms with E-state index >= 15 is 0 Å². The first-order valence-electron chi connectivity index (χ1n) is 11.3. The number of anilines is 2. The zero-order chi connectivity index (χ0) is 24.4. The van der Waals surface area contributed by atoms with Crippen LogP contribution in [-0.2, 0) is 0 Å². The summed E-state index contributed by atoms with van der Waals surface area (Å²) in [5.41, 5.74) is 5.01. The second kappa shape index (κ2) is 9.38. The average molecular weight is 468 g/mol. The Morgan fingerprint density at radius 3 is 2.51 bits per heavy atom. The van der Waals surface area contributed by atoms with Crippen molar-refractivity contribution in [3.8, 4) is 28.4 Å². The van der Waals surface area contributed by atoms with Crippen LogP contribution in [0.2, 0.25) is 0 Å². The van der Waals surface area contributed by atoms with Crippen LogP contribution in [0.5, 0.6) is 11.5 Å². The highest BCUT2D eigenvalue weighted by Gasteiger charge is 2.13. The second-order valence-corrected chi connectivity index (χ2v) is 7.88. The van der Waals surface area contributed by atoms with E-state index in [0.29, 0.717) is 18.5 Å². The van der Waals surface area contributed by atoms with Gasteiger partial charge in [0.25, 0.3) is 0 Å². The summed E-state index contributed by atoms with van der Waals surface area (Å²) >= 11 is 0. The Labute approximate surface area is 202 Å². The van der Waals surface area contributed by atoms with Crippen molar-refractivity contribution in [2.75, 3.05) is 19.0 Å². The van der Waals surface area contributed by atoms with Crippen LogP contribution in [0, 0.1) is 13.8 Å².